The van der Waals surface area contributed by atoms with Gasteiger partial charge in [-0.25, -0.2) is 0 Å². The molecule has 1 aliphatic rings. The molecule has 1 fully saturated rings. The highest BCUT2D eigenvalue weighted by Crippen LogP contribution is 2.33. The van der Waals surface area contributed by atoms with Crippen LogP contribution in [0.15, 0.2) is 48.5 Å². The third kappa shape index (κ3) is 5.33. The highest BCUT2D eigenvalue weighted by molar-refractivity contribution is 7.78. The van der Waals surface area contributed by atoms with Gasteiger partial charge in [0.05, 0.1) is 32.2 Å². The van der Waals surface area contributed by atoms with Gasteiger partial charge < -0.3 is 15.5 Å². The lowest BCUT2D eigenvalue weighted by Gasteiger charge is -2.33. The number of hydrogen-bond acceptors (Lipinski definition) is 4. The molecule has 1 heterocycles. The Bertz CT molecular complexity index is 930. The Balaban J connectivity index is 1.87. The fourth-order valence-corrected chi connectivity index (χ4v) is 4.67. The first kappa shape index (κ1) is 23.4. The zero-order valence-corrected chi connectivity index (χ0v) is 19.3. The second-order valence-electron chi connectivity index (χ2n) is 8.55. The summed E-state index contributed by atoms with van der Waals surface area (Å²) in [7, 11) is 5.06. The van der Waals surface area contributed by atoms with E-state index in [4.69, 9.17) is 5.73 Å². The number of quaternary nitrogens is 1. The lowest BCUT2D eigenvalue weighted by Crippen LogP contribution is -2.44. The van der Waals surface area contributed by atoms with E-state index in [9.17, 15) is 13.6 Å². The third-order valence-electron chi connectivity index (χ3n) is 6.10. The molecule has 0 aromatic heterocycles. The number of nitrogens with zero attached hydrogens (tertiary/aromatic N) is 3. The molecular weight excluding hydrogens is 412 g/mol. The van der Waals surface area contributed by atoms with Crippen LogP contribution in [0.5, 0.6) is 0 Å². The third-order valence-corrected chi connectivity index (χ3v) is 7.06. The molecule has 7 nitrogen and oxygen atoms in total. The number of likely N-dealkylation sites (tertiary alicyclic amines) is 1. The van der Waals surface area contributed by atoms with Gasteiger partial charge in [-0.3, -0.25) is 9.35 Å². The molecule has 1 unspecified atom stereocenters. The molecule has 31 heavy (non-hydrogen) atoms. The molecular formula is C23H33N4O3S+. The largest absolute Gasteiger partial charge is 0.394 e. The summed E-state index contributed by atoms with van der Waals surface area (Å²) in [6.07, 6.45) is 2.49. The number of nitrogens with two attached hydrogens (primary N) is 1. The van der Waals surface area contributed by atoms with Crippen molar-refractivity contribution in [3.05, 3.63) is 59.7 Å². The summed E-state index contributed by atoms with van der Waals surface area (Å²) in [6.45, 7) is 2.90. The van der Waals surface area contributed by atoms with E-state index in [2.05, 4.69) is 17.0 Å². The summed E-state index contributed by atoms with van der Waals surface area (Å²) in [6, 6.07) is 15.3. The lowest BCUT2D eigenvalue weighted by molar-refractivity contribution is -0.131. The Morgan fingerprint density at radius 2 is 1.81 bits per heavy atom. The first-order valence-electron chi connectivity index (χ1n) is 10.6. The second kappa shape index (κ2) is 9.91. The molecule has 0 radical (unpaired) electrons. The Hall–Kier alpha value is -2.26. The van der Waals surface area contributed by atoms with Crippen molar-refractivity contribution in [1.29, 1.82) is 0 Å². The van der Waals surface area contributed by atoms with Crippen LogP contribution in [0.2, 0.25) is 0 Å². The van der Waals surface area contributed by atoms with Crippen LogP contribution >= 0.6 is 0 Å². The van der Waals surface area contributed by atoms with E-state index in [0.717, 1.165) is 25.2 Å². The average molecular weight is 446 g/mol. The Labute approximate surface area is 187 Å². The maximum atomic E-state index is 13.4. The first-order valence-corrected chi connectivity index (χ1v) is 11.6. The van der Waals surface area contributed by atoms with Gasteiger partial charge in [-0.05, 0) is 37.6 Å². The lowest BCUT2D eigenvalue weighted by atomic mass is 10.0. The van der Waals surface area contributed by atoms with Crippen LogP contribution < -0.4 is 9.62 Å². The van der Waals surface area contributed by atoms with Crippen molar-refractivity contribution in [3.8, 4) is 0 Å². The Morgan fingerprint density at radius 1 is 1.16 bits per heavy atom. The van der Waals surface area contributed by atoms with Crippen molar-refractivity contribution in [2.45, 2.75) is 25.3 Å². The number of anilines is 1. The van der Waals surface area contributed by atoms with Gasteiger partial charge in [0.15, 0.2) is 5.69 Å². The average Bonchev–Trinajstić information content (AvgIpc) is 3.25. The molecule has 0 bridgehead atoms. The highest BCUT2D eigenvalue weighted by atomic mass is 32.2. The van der Waals surface area contributed by atoms with E-state index in [1.165, 1.54) is 12.8 Å². The maximum absolute atomic E-state index is 13.4. The van der Waals surface area contributed by atoms with Gasteiger partial charge >= 0.3 is 11.3 Å². The van der Waals surface area contributed by atoms with Gasteiger partial charge in [-0.2, -0.15) is 8.10 Å². The molecule has 0 aliphatic carbocycles. The molecule has 0 spiro atoms. The number of benzene rings is 2. The number of carbonyl (C=O) groups excluding carboxylic acids is 1. The molecule has 2 atom stereocenters. The van der Waals surface area contributed by atoms with Gasteiger partial charge in [0, 0.05) is 19.2 Å². The van der Waals surface area contributed by atoms with Crippen LogP contribution in [0, 0.1) is 0 Å². The SMILES string of the molecule is CN(C(=O)Cc1cccc(N)c1[N+](C)(C)S(=O)O)[C@H](CN1CCCC1)c1ccccc1. The minimum Gasteiger partial charge on any atom is -0.394 e. The number of carbonyl (C=O) groups is 1. The second-order valence-corrected chi connectivity index (χ2v) is 9.93. The standard InChI is InChI=1S/C23H32N4O3S/c1-25(21(17-26-14-7-8-15-26)18-10-5-4-6-11-18)22(28)16-19-12-9-13-20(24)23(19)27(2,3)31(29)30/h4-6,9-13,21H,7-8,14-17,24H2,1-3H3/p+1/t21-/m1/s1. The Morgan fingerprint density at radius 3 is 2.42 bits per heavy atom. The molecule has 168 valence electrons. The minimum atomic E-state index is -2.19. The first-order chi connectivity index (χ1) is 14.7. The van der Waals surface area contributed by atoms with Crippen molar-refractivity contribution in [3.63, 3.8) is 0 Å². The molecule has 1 amide bonds. The van der Waals surface area contributed by atoms with Crippen LogP contribution in [-0.2, 0) is 22.5 Å². The van der Waals surface area contributed by atoms with Crippen LogP contribution in [0.3, 0.4) is 0 Å². The molecule has 8 heteroatoms. The highest BCUT2D eigenvalue weighted by Gasteiger charge is 2.34. The van der Waals surface area contributed by atoms with Crippen LogP contribution in [0.4, 0.5) is 11.4 Å². The summed E-state index contributed by atoms with van der Waals surface area (Å²) in [5.74, 6) is -0.0522. The maximum Gasteiger partial charge on any atom is 0.363 e. The van der Waals surface area contributed by atoms with E-state index in [-0.39, 0.29) is 22.3 Å². The summed E-state index contributed by atoms with van der Waals surface area (Å²) >= 11 is -2.19. The summed E-state index contributed by atoms with van der Waals surface area (Å²) in [5.41, 5.74) is 8.83. The zero-order chi connectivity index (χ0) is 22.6. The number of nitrogen functional groups attached to an aromatic ring is 1. The van der Waals surface area contributed by atoms with E-state index in [1.54, 1.807) is 31.1 Å². The molecule has 2 aromatic rings. The van der Waals surface area contributed by atoms with Crippen molar-refractivity contribution >= 4 is 28.5 Å². The number of likely N-dealkylation sites (N-methyl/N-ethyl adjacent to an activating group) is 1. The van der Waals surface area contributed by atoms with Crippen molar-refractivity contribution in [2.24, 2.45) is 0 Å². The number of rotatable bonds is 8. The predicted molar refractivity (Wildman–Crippen MR) is 127 cm³/mol. The van der Waals surface area contributed by atoms with E-state index >= 15 is 0 Å². The van der Waals surface area contributed by atoms with E-state index in [1.807, 2.05) is 31.3 Å². The van der Waals surface area contributed by atoms with Crippen molar-refractivity contribution in [2.75, 3.05) is 46.5 Å². The fraction of sp³-hybridized carbons (Fsp3) is 0.435. The summed E-state index contributed by atoms with van der Waals surface area (Å²) in [5, 5.41) is 0. The molecule has 0 saturated carbocycles. The zero-order valence-electron chi connectivity index (χ0n) is 18.5. The monoisotopic (exact) mass is 445 g/mol. The van der Waals surface area contributed by atoms with Crippen molar-refractivity contribution < 1.29 is 13.6 Å². The van der Waals surface area contributed by atoms with Crippen molar-refractivity contribution in [1.82, 2.24) is 13.7 Å². The van der Waals surface area contributed by atoms with E-state index < -0.39 is 11.3 Å². The van der Waals surface area contributed by atoms with Gasteiger partial charge in [0.1, 0.15) is 0 Å². The topological polar surface area (TPSA) is 86.9 Å². The smallest absolute Gasteiger partial charge is 0.363 e. The van der Waals surface area contributed by atoms with Gasteiger partial charge in [0.2, 0.25) is 5.91 Å². The quantitative estimate of drug-likeness (QED) is 0.371. The molecule has 3 rings (SSSR count). The van der Waals surface area contributed by atoms with Crippen LogP contribution in [0.1, 0.15) is 30.0 Å². The molecule has 1 saturated heterocycles. The fourth-order valence-electron chi connectivity index (χ4n) is 4.29. The number of hydrogen-bond donors (Lipinski definition) is 2. The van der Waals surface area contributed by atoms with Crippen LogP contribution in [0.25, 0.3) is 0 Å². The molecule has 3 N–H and O–H groups in total. The van der Waals surface area contributed by atoms with Gasteiger partial charge in [-0.15, -0.1) is 0 Å². The van der Waals surface area contributed by atoms with E-state index in [0.29, 0.717) is 16.9 Å². The molecule has 2 aromatic carbocycles. The predicted octanol–water partition coefficient (Wildman–Crippen LogP) is 2.81. The number of para-hydroxylation sites is 1. The van der Waals surface area contributed by atoms with Crippen LogP contribution in [-0.4, -0.2) is 65.2 Å². The van der Waals surface area contributed by atoms with Gasteiger partial charge in [0.25, 0.3) is 0 Å². The summed E-state index contributed by atoms with van der Waals surface area (Å²) < 4.78 is 21.4. The Kier molecular flexibility index (Phi) is 7.48. The van der Waals surface area contributed by atoms with Gasteiger partial charge in [-0.1, -0.05) is 42.5 Å². The summed E-state index contributed by atoms with van der Waals surface area (Å²) in [4.78, 5) is 17.6. The normalized spacial score (nSPS) is 16.8. The number of amides is 1. The molecule has 1 aliphatic heterocycles. The minimum absolute atomic E-state index is 0.0522.